The van der Waals surface area contributed by atoms with Gasteiger partial charge >= 0.3 is 0 Å². The van der Waals surface area contributed by atoms with E-state index in [0.717, 1.165) is 59.4 Å². The van der Waals surface area contributed by atoms with E-state index in [2.05, 4.69) is 22.2 Å². The van der Waals surface area contributed by atoms with Gasteiger partial charge in [0.05, 0.1) is 6.67 Å². The van der Waals surface area contributed by atoms with Gasteiger partial charge in [-0.3, -0.25) is 0 Å². The zero-order valence-electron chi connectivity index (χ0n) is 15.6. The van der Waals surface area contributed by atoms with Crippen LogP contribution >= 0.6 is 0 Å². The zero-order chi connectivity index (χ0) is 16.1. The maximum absolute atomic E-state index is 2.82. The fraction of sp³-hybridized carbons (Fsp3) is 0.913. The van der Waals surface area contributed by atoms with Crippen LogP contribution in [0.5, 0.6) is 0 Å². The normalized spacial score (nSPS) is 57.9. The molecule has 0 aromatic rings. The first-order chi connectivity index (χ1) is 12.3. The molecule has 0 aromatic heterocycles. The SMILES string of the molecule is C1=CN(C2C3CC4CC(C3)CC2C4)CN1C1C2CC3CC(C2)CC1C3. The van der Waals surface area contributed by atoms with Crippen LogP contribution in [0.25, 0.3) is 0 Å². The molecule has 8 fully saturated rings. The Hall–Kier alpha value is -0.660. The predicted octanol–water partition coefficient (Wildman–Crippen LogP) is 4.68. The van der Waals surface area contributed by atoms with Crippen LogP contribution < -0.4 is 0 Å². The fourth-order valence-corrected chi connectivity index (χ4v) is 9.72. The van der Waals surface area contributed by atoms with E-state index in [4.69, 9.17) is 0 Å². The third-order valence-corrected chi connectivity index (χ3v) is 9.90. The molecule has 8 saturated carbocycles. The van der Waals surface area contributed by atoms with E-state index in [1.807, 2.05) is 0 Å². The lowest BCUT2D eigenvalue weighted by molar-refractivity contribution is -0.0784. The van der Waals surface area contributed by atoms with Crippen LogP contribution in [0.4, 0.5) is 0 Å². The molecule has 8 bridgehead atoms. The minimum absolute atomic E-state index is 0.894. The molecule has 9 rings (SSSR count). The van der Waals surface area contributed by atoms with Gasteiger partial charge in [0, 0.05) is 24.5 Å². The molecule has 2 heteroatoms. The first-order valence-corrected chi connectivity index (χ1v) is 11.5. The Morgan fingerprint density at radius 3 is 1.08 bits per heavy atom. The smallest absolute Gasteiger partial charge is 0.0899 e. The van der Waals surface area contributed by atoms with Crippen molar-refractivity contribution in [3.05, 3.63) is 12.4 Å². The molecule has 25 heavy (non-hydrogen) atoms. The van der Waals surface area contributed by atoms with E-state index < -0.39 is 0 Å². The van der Waals surface area contributed by atoms with Crippen LogP contribution in [0.2, 0.25) is 0 Å². The summed E-state index contributed by atoms with van der Waals surface area (Å²) in [4.78, 5) is 5.64. The van der Waals surface area contributed by atoms with E-state index in [-0.39, 0.29) is 0 Å². The maximum atomic E-state index is 2.82. The quantitative estimate of drug-likeness (QED) is 0.721. The molecule has 0 amide bonds. The number of hydrogen-bond acceptors (Lipinski definition) is 2. The van der Waals surface area contributed by atoms with Crippen LogP contribution in [-0.2, 0) is 0 Å². The van der Waals surface area contributed by atoms with Gasteiger partial charge in [-0.25, -0.2) is 0 Å². The van der Waals surface area contributed by atoms with Gasteiger partial charge in [-0.1, -0.05) is 0 Å². The average Bonchev–Trinajstić information content (AvgIpc) is 3.02. The van der Waals surface area contributed by atoms with Gasteiger partial charge in [-0.05, 0) is 112 Å². The molecule has 1 heterocycles. The van der Waals surface area contributed by atoms with Gasteiger partial charge in [-0.2, -0.15) is 0 Å². The molecule has 8 aliphatic carbocycles. The van der Waals surface area contributed by atoms with Gasteiger partial charge < -0.3 is 9.80 Å². The monoisotopic (exact) mass is 338 g/mol. The highest BCUT2D eigenvalue weighted by atomic mass is 15.4. The van der Waals surface area contributed by atoms with Gasteiger partial charge in [0.2, 0.25) is 0 Å². The number of rotatable bonds is 2. The topological polar surface area (TPSA) is 6.48 Å². The van der Waals surface area contributed by atoms with E-state index in [9.17, 15) is 0 Å². The maximum Gasteiger partial charge on any atom is 0.0899 e. The standard InChI is InChI=1S/C23H34N2/c1-2-25(23-20-9-16-4-17(11-20)12-21(23)10-16)13-24(1)22-18-5-14-3-15(7-18)8-19(22)6-14/h1-2,14-23H,3-13H2. The minimum atomic E-state index is 0.894. The van der Waals surface area contributed by atoms with Crippen molar-refractivity contribution in [1.29, 1.82) is 0 Å². The molecule has 136 valence electrons. The first kappa shape index (κ1) is 14.4. The Labute approximate surface area is 153 Å². The Kier molecular flexibility index (Phi) is 2.87. The van der Waals surface area contributed by atoms with Crippen molar-refractivity contribution >= 4 is 0 Å². The molecule has 2 nitrogen and oxygen atoms in total. The van der Waals surface area contributed by atoms with Crippen molar-refractivity contribution in [3.8, 4) is 0 Å². The van der Waals surface area contributed by atoms with Crippen molar-refractivity contribution in [2.45, 2.75) is 76.3 Å². The second-order valence-electron chi connectivity index (χ2n) is 11.3. The van der Waals surface area contributed by atoms with Gasteiger partial charge in [0.1, 0.15) is 0 Å². The first-order valence-electron chi connectivity index (χ1n) is 11.5. The Balaban J connectivity index is 1.10. The highest BCUT2D eigenvalue weighted by molar-refractivity contribution is 5.10. The van der Waals surface area contributed by atoms with Crippen molar-refractivity contribution in [3.63, 3.8) is 0 Å². The summed E-state index contributed by atoms with van der Waals surface area (Å²) in [5, 5.41) is 0. The predicted molar refractivity (Wildman–Crippen MR) is 99.4 cm³/mol. The highest BCUT2D eigenvalue weighted by Crippen LogP contribution is 2.57. The van der Waals surface area contributed by atoms with Crippen LogP contribution in [0.1, 0.15) is 64.2 Å². The Morgan fingerprint density at radius 2 is 0.760 bits per heavy atom. The molecule has 0 radical (unpaired) electrons. The molecular weight excluding hydrogens is 304 g/mol. The number of hydrogen-bond donors (Lipinski definition) is 0. The van der Waals surface area contributed by atoms with E-state index in [1.54, 1.807) is 64.2 Å². The largest absolute Gasteiger partial charge is 0.355 e. The molecule has 0 saturated heterocycles. The Bertz CT molecular complexity index is 489. The molecular formula is C23H34N2. The average molecular weight is 339 g/mol. The molecule has 0 atom stereocenters. The summed E-state index contributed by atoms with van der Waals surface area (Å²) in [5.74, 6) is 8.52. The number of nitrogens with zero attached hydrogens (tertiary/aromatic N) is 2. The summed E-state index contributed by atoms with van der Waals surface area (Å²) in [6.45, 7) is 1.24. The van der Waals surface area contributed by atoms with Crippen molar-refractivity contribution in [1.82, 2.24) is 9.80 Å². The van der Waals surface area contributed by atoms with Gasteiger partial charge in [0.25, 0.3) is 0 Å². The summed E-state index contributed by atoms with van der Waals surface area (Å²) in [7, 11) is 0. The van der Waals surface area contributed by atoms with Crippen molar-refractivity contribution < 1.29 is 0 Å². The molecule has 0 spiro atoms. The lowest BCUT2D eigenvalue weighted by Gasteiger charge is -2.58. The summed E-state index contributed by atoms with van der Waals surface area (Å²) < 4.78 is 0. The summed E-state index contributed by atoms with van der Waals surface area (Å²) in [6.07, 6.45) is 20.7. The Morgan fingerprint density at radius 1 is 0.440 bits per heavy atom. The molecule has 0 N–H and O–H groups in total. The third-order valence-electron chi connectivity index (χ3n) is 9.90. The van der Waals surface area contributed by atoms with Crippen LogP contribution in [-0.4, -0.2) is 28.6 Å². The minimum Gasteiger partial charge on any atom is -0.355 e. The van der Waals surface area contributed by atoms with Crippen molar-refractivity contribution in [2.75, 3.05) is 6.67 Å². The lowest BCUT2D eigenvalue weighted by atomic mass is 9.53. The summed E-state index contributed by atoms with van der Waals surface area (Å²) in [5.41, 5.74) is 0. The van der Waals surface area contributed by atoms with E-state index in [0.29, 0.717) is 0 Å². The highest BCUT2D eigenvalue weighted by Gasteiger charge is 2.53. The van der Waals surface area contributed by atoms with Gasteiger partial charge in [-0.15, -0.1) is 0 Å². The van der Waals surface area contributed by atoms with E-state index >= 15 is 0 Å². The molecule has 1 aliphatic heterocycles. The van der Waals surface area contributed by atoms with Crippen LogP contribution in [0.15, 0.2) is 12.4 Å². The zero-order valence-corrected chi connectivity index (χ0v) is 15.6. The van der Waals surface area contributed by atoms with Crippen molar-refractivity contribution in [2.24, 2.45) is 47.3 Å². The second-order valence-corrected chi connectivity index (χ2v) is 11.3. The second kappa shape index (κ2) is 4.98. The molecule has 0 unspecified atom stereocenters. The van der Waals surface area contributed by atoms with Crippen LogP contribution in [0, 0.1) is 47.3 Å². The fourth-order valence-electron chi connectivity index (χ4n) is 9.72. The van der Waals surface area contributed by atoms with E-state index in [1.165, 1.54) is 6.67 Å². The molecule has 0 aromatic carbocycles. The lowest BCUT2D eigenvalue weighted by Crippen LogP contribution is -2.57. The van der Waals surface area contributed by atoms with Crippen LogP contribution in [0.3, 0.4) is 0 Å². The molecule has 9 aliphatic rings. The van der Waals surface area contributed by atoms with Gasteiger partial charge in [0.15, 0.2) is 0 Å². The third kappa shape index (κ3) is 2.03. The summed E-state index contributed by atoms with van der Waals surface area (Å²) >= 11 is 0. The summed E-state index contributed by atoms with van der Waals surface area (Å²) in [6, 6.07) is 1.79.